The molecule has 0 aliphatic carbocycles. The first-order valence-electron chi connectivity index (χ1n) is 7.57. The number of carbonyl (C=O) groups is 2. The second-order valence-corrected chi connectivity index (χ2v) is 5.25. The zero-order valence-corrected chi connectivity index (χ0v) is 13.9. The third-order valence-electron chi connectivity index (χ3n) is 3.55. The number of nitrogens with one attached hydrogen (secondary N) is 1. The molecule has 0 unspecified atom stereocenters. The van der Waals surface area contributed by atoms with Crippen LogP contribution in [0.4, 0.5) is 14.5 Å². The standard InChI is InChI=1S/C18H18F2N2O3/c1-12(23)22(17-8-5-14(19)11-16(17)20)10-9-21-18(24)13-3-6-15(25-2)7-4-13/h3-8,11H,9-10H2,1-2H3,(H,21,24). The van der Waals surface area contributed by atoms with Gasteiger partial charge in [-0.1, -0.05) is 0 Å². The van der Waals surface area contributed by atoms with E-state index in [9.17, 15) is 18.4 Å². The molecule has 0 saturated heterocycles. The predicted octanol–water partition coefficient (Wildman–Crippen LogP) is 2.76. The molecule has 25 heavy (non-hydrogen) atoms. The first-order chi connectivity index (χ1) is 11.9. The minimum atomic E-state index is -0.836. The Morgan fingerprint density at radius 1 is 1.12 bits per heavy atom. The van der Waals surface area contributed by atoms with E-state index in [2.05, 4.69) is 5.32 Å². The number of halogens is 2. The van der Waals surface area contributed by atoms with Crippen LogP contribution in [-0.4, -0.2) is 32.0 Å². The quantitative estimate of drug-likeness (QED) is 0.873. The molecule has 0 fully saturated rings. The topological polar surface area (TPSA) is 58.6 Å². The highest BCUT2D eigenvalue weighted by atomic mass is 19.1. The van der Waals surface area contributed by atoms with Gasteiger partial charge in [0.05, 0.1) is 12.8 Å². The van der Waals surface area contributed by atoms with E-state index in [0.29, 0.717) is 17.4 Å². The molecule has 2 aromatic carbocycles. The van der Waals surface area contributed by atoms with Crippen molar-refractivity contribution in [3.63, 3.8) is 0 Å². The van der Waals surface area contributed by atoms with Crippen LogP contribution in [0.5, 0.6) is 5.75 Å². The highest BCUT2D eigenvalue weighted by molar-refractivity contribution is 5.94. The molecule has 0 spiro atoms. The molecule has 1 N–H and O–H groups in total. The average Bonchev–Trinajstić information content (AvgIpc) is 2.59. The van der Waals surface area contributed by atoms with Gasteiger partial charge in [-0.25, -0.2) is 8.78 Å². The van der Waals surface area contributed by atoms with Crippen LogP contribution in [0.25, 0.3) is 0 Å². The van der Waals surface area contributed by atoms with Gasteiger partial charge in [-0.15, -0.1) is 0 Å². The summed E-state index contributed by atoms with van der Waals surface area (Å²) in [6.07, 6.45) is 0. The second kappa shape index (κ2) is 8.23. The van der Waals surface area contributed by atoms with E-state index >= 15 is 0 Å². The fourth-order valence-electron chi connectivity index (χ4n) is 2.27. The molecule has 2 aromatic rings. The summed E-state index contributed by atoms with van der Waals surface area (Å²) in [5.74, 6) is -1.67. The maximum absolute atomic E-state index is 13.9. The predicted molar refractivity (Wildman–Crippen MR) is 89.7 cm³/mol. The number of nitrogens with zero attached hydrogens (tertiary/aromatic N) is 1. The van der Waals surface area contributed by atoms with Crippen LogP contribution in [0, 0.1) is 11.6 Å². The summed E-state index contributed by atoms with van der Waals surface area (Å²) >= 11 is 0. The molecule has 2 rings (SSSR count). The summed E-state index contributed by atoms with van der Waals surface area (Å²) in [5.41, 5.74) is 0.399. The van der Waals surface area contributed by atoms with Gasteiger partial charge in [0, 0.05) is 31.6 Å². The summed E-state index contributed by atoms with van der Waals surface area (Å²) in [5, 5.41) is 2.65. The third kappa shape index (κ3) is 4.76. The van der Waals surface area contributed by atoms with Gasteiger partial charge in [-0.3, -0.25) is 9.59 Å². The molecular formula is C18H18F2N2O3. The zero-order valence-electron chi connectivity index (χ0n) is 13.9. The van der Waals surface area contributed by atoms with Crippen molar-refractivity contribution in [1.82, 2.24) is 5.32 Å². The lowest BCUT2D eigenvalue weighted by Crippen LogP contribution is -2.38. The van der Waals surface area contributed by atoms with E-state index in [1.165, 1.54) is 20.1 Å². The molecule has 0 bridgehead atoms. The lowest BCUT2D eigenvalue weighted by Gasteiger charge is -2.22. The Morgan fingerprint density at radius 3 is 2.36 bits per heavy atom. The molecule has 0 aromatic heterocycles. The number of hydrogen-bond acceptors (Lipinski definition) is 3. The van der Waals surface area contributed by atoms with Crippen molar-refractivity contribution in [3.05, 3.63) is 59.7 Å². The van der Waals surface area contributed by atoms with E-state index in [1.54, 1.807) is 24.3 Å². The molecule has 2 amide bonds. The fraction of sp³-hybridized carbons (Fsp3) is 0.222. The third-order valence-corrected chi connectivity index (χ3v) is 3.55. The molecular weight excluding hydrogens is 330 g/mol. The van der Waals surface area contributed by atoms with Gasteiger partial charge in [0.2, 0.25) is 5.91 Å². The van der Waals surface area contributed by atoms with Crippen LogP contribution in [0.15, 0.2) is 42.5 Å². The van der Waals surface area contributed by atoms with Crippen molar-refractivity contribution in [2.45, 2.75) is 6.92 Å². The van der Waals surface area contributed by atoms with Crippen LogP contribution in [0.2, 0.25) is 0 Å². The minimum absolute atomic E-state index is 0.0346. The monoisotopic (exact) mass is 348 g/mol. The highest BCUT2D eigenvalue weighted by Gasteiger charge is 2.16. The number of amides is 2. The van der Waals surface area contributed by atoms with Crippen LogP contribution in [-0.2, 0) is 4.79 Å². The molecule has 0 saturated carbocycles. The van der Waals surface area contributed by atoms with Crippen molar-refractivity contribution >= 4 is 17.5 Å². The lowest BCUT2D eigenvalue weighted by atomic mass is 10.2. The molecule has 0 aliphatic heterocycles. The van der Waals surface area contributed by atoms with Crippen LogP contribution < -0.4 is 15.0 Å². The maximum atomic E-state index is 13.9. The maximum Gasteiger partial charge on any atom is 0.251 e. The number of carbonyl (C=O) groups excluding carboxylic acids is 2. The molecule has 5 nitrogen and oxygen atoms in total. The molecule has 0 heterocycles. The Labute approximate surface area is 144 Å². The number of methoxy groups -OCH3 is 1. The molecule has 7 heteroatoms. The first-order valence-corrected chi connectivity index (χ1v) is 7.57. The van der Waals surface area contributed by atoms with Crippen LogP contribution >= 0.6 is 0 Å². The molecule has 0 aliphatic rings. The van der Waals surface area contributed by atoms with Crippen molar-refractivity contribution < 1.29 is 23.1 Å². The SMILES string of the molecule is COc1ccc(C(=O)NCCN(C(C)=O)c2ccc(F)cc2F)cc1. The minimum Gasteiger partial charge on any atom is -0.497 e. The van der Waals surface area contributed by atoms with Crippen LogP contribution in [0.1, 0.15) is 17.3 Å². The van der Waals surface area contributed by atoms with Crippen molar-refractivity contribution in [2.24, 2.45) is 0 Å². The van der Waals surface area contributed by atoms with E-state index in [0.717, 1.165) is 11.0 Å². The first kappa shape index (κ1) is 18.4. The van der Waals surface area contributed by atoms with Crippen molar-refractivity contribution in [2.75, 3.05) is 25.1 Å². The summed E-state index contributed by atoms with van der Waals surface area (Å²) in [4.78, 5) is 24.9. The number of benzene rings is 2. The van der Waals surface area contributed by atoms with Gasteiger partial charge in [0.25, 0.3) is 5.91 Å². The normalized spacial score (nSPS) is 10.2. The number of rotatable bonds is 6. The van der Waals surface area contributed by atoms with E-state index in [4.69, 9.17) is 4.74 Å². The molecule has 0 radical (unpaired) electrons. The zero-order chi connectivity index (χ0) is 18.4. The van der Waals surface area contributed by atoms with Gasteiger partial charge in [0.15, 0.2) is 0 Å². The fourth-order valence-corrected chi connectivity index (χ4v) is 2.27. The summed E-state index contributed by atoms with van der Waals surface area (Å²) in [6.45, 7) is 1.44. The summed E-state index contributed by atoms with van der Waals surface area (Å²) in [7, 11) is 1.53. The smallest absolute Gasteiger partial charge is 0.251 e. The largest absolute Gasteiger partial charge is 0.497 e. The average molecular weight is 348 g/mol. The van der Waals surface area contributed by atoms with Gasteiger partial charge in [0.1, 0.15) is 17.4 Å². The Kier molecular flexibility index (Phi) is 6.05. The summed E-state index contributed by atoms with van der Waals surface area (Å²) < 4.78 is 31.9. The summed E-state index contributed by atoms with van der Waals surface area (Å²) in [6, 6.07) is 9.51. The molecule has 132 valence electrons. The second-order valence-electron chi connectivity index (χ2n) is 5.25. The van der Waals surface area contributed by atoms with E-state index in [1.807, 2.05) is 0 Å². The van der Waals surface area contributed by atoms with Gasteiger partial charge in [-0.2, -0.15) is 0 Å². The Bertz CT molecular complexity index is 763. The molecule has 0 atom stereocenters. The van der Waals surface area contributed by atoms with Crippen molar-refractivity contribution in [1.29, 1.82) is 0 Å². The van der Waals surface area contributed by atoms with Gasteiger partial charge >= 0.3 is 0 Å². The Hall–Kier alpha value is -2.96. The van der Waals surface area contributed by atoms with Gasteiger partial charge in [-0.05, 0) is 36.4 Å². The van der Waals surface area contributed by atoms with E-state index in [-0.39, 0.29) is 24.7 Å². The lowest BCUT2D eigenvalue weighted by molar-refractivity contribution is -0.116. The van der Waals surface area contributed by atoms with Gasteiger partial charge < -0.3 is 15.0 Å². The number of ether oxygens (including phenoxy) is 1. The Balaban J connectivity index is 1.99. The Morgan fingerprint density at radius 2 is 1.80 bits per heavy atom. The highest BCUT2D eigenvalue weighted by Crippen LogP contribution is 2.20. The number of hydrogen-bond donors (Lipinski definition) is 1. The van der Waals surface area contributed by atoms with Crippen LogP contribution in [0.3, 0.4) is 0 Å². The number of anilines is 1. The van der Waals surface area contributed by atoms with E-state index < -0.39 is 17.5 Å². The van der Waals surface area contributed by atoms with Crippen molar-refractivity contribution in [3.8, 4) is 5.75 Å².